The second-order valence-corrected chi connectivity index (χ2v) is 9.69. The summed E-state index contributed by atoms with van der Waals surface area (Å²) in [5.74, 6) is -1.09. The molecule has 1 N–H and O–H groups in total. The van der Waals surface area contributed by atoms with Crippen molar-refractivity contribution in [2.45, 2.75) is 25.2 Å². The molecule has 0 aliphatic carbocycles. The lowest BCUT2D eigenvalue weighted by atomic mass is 9.94. The van der Waals surface area contributed by atoms with Crippen molar-refractivity contribution in [1.29, 1.82) is 0 Å². The summed E-state index contributed by atoms with van der Waals surface area (Å²) in [5, 5.41) is 2.82. The fraction of sp³-hybridized carbons (Fsp3) is 0.350. The number of hydrogen-bond acceptors (Lipinski definition) is 3. The summed E-state index contributed by atoms with van der Waals surface area (Å²) in [5.41, 5.74) is -0.0281. The third kappa shape index (κ3) is 4.37. The van der Waals surface area contributed by atoms with Crippen molar-refractivity contribution >= 4 is 33.2 Å². The number of hydrogen-bond donors (Lipinski definition) is 1. The van der Waals surface area contributed by atoms with Gasteiger partial charge in [0.25, 0.3) is 5.91 Å². The van der Waals surface area contributed by atoms with Crippen molar-refractivity contribution in [3.8, 4) is 0 Å². The number of amides is 1. The normalized spacial score (nSPS) is 20.7. The van der Waals surface area contributed by atoms with Crippen LogP contribution in [0.3, 0.4) is 0 Å². The number of anilines is 1. The van der Waals surface area contributed by atoms with Crippen molar-refractivity contribution in [2.75, 3.05) is 18.4 Å². The number of piperidine rings is 1. The van der Waals surface area contributed by atoms with Gasteiger partial charge < -0.3 is 5.32 Å². The Bertz CT molecular complexity index is 987. The van der Waals surface area contributed by atoms with E-state index in [0.717, 1.165) is 18.6 Å². The number of rotatable bonds is 4. The van der Waals surface area contributed by atoms with Crippen LogP contribution in [0.1, 0.15) is 30.6 Å². The van der Waals surface area contributed by atoms with E-state index in [-0.39, 0.29) is 22.3 Å². The van der Waals surface area contributed by atoms with Gasteiger partial charge in [0.1, 0.15) is 5.82 Å². The number of benzene rings is 2. The lowest BCUT2D eigenvalue weighted by molar-refractivity contribution is 0.102. The SMILES string of the molecule is C[C@@H]1C[C@H](C)CN(S(=O)(=O)c2ccc(F)c(C(=O)Nc3ccccc3Cl)c2)C1. The van der Waals surface area contributed by atoms with Gasteiger partial charge in [0.2, 0.25) is 10.0 Å². The molecule has 2 aromatic rings. The molecule has 3 rings (SSSR count). The van der Waals surface area contributed by atoms with Crippen LogP contribution in [0.25, 0.3) is 0 Å². The van der Waals surface area contributed by atoms with Crippen molar-refractivity contribution in [3.05, 3.63) is 58.9 Å². The predicted octanol–water partition coefficient (Wildman–Crippen LogP) is 4.40. The summed E-state index contributed by atoms with van der Waals surface area (Å²) in [6.07, 6.45) is 0.959. The highest BCUT2D eigenvalue weighted by atomic mass is 35.5. The van der Waals surface area contributed by atoms with Crippen LogP contribution in [-0.4, -0.2) is 31.7 Å². The Balaban J connectivity index is 1.90. The van der Waals surface area contributed by atoms with Crippen LogP contribution in [0.5, 0.6) is 0 Å². The molecule has 0 radical (unpaired) electrons. The highest BCUT2D eigenvalue weighted by Gasteiger charge is 2.32. The van der Waals surface area contributed by atoms with E-state index >= 15 is 0 Å². The number of nitrogens with zero attached hydrogens (tertiary/aromatic N) is 1. The van der Waals surface area contributed by atoms with Gasteiger partial charge in [-0.2, -0.15) is 4.31 Å². The number of halogens is 2. The summed E-state index contributed by atoms with van der Waals surface area (Å²) < 4.78 is 41.7. The van der Waals surface area contributed by atoms with Gasteiger partial charge in [-0.25, -0.2) is 12.8 Å². The Morgan fingerprint density at radius 1 is 1.14 bits per heavy atom. The summed E-state index contributed by atoms with van der Waals surface area (Å²) in [4.78, 5) is 12.4. The van der Waals surface area contributed by atoms with Crippen LogP contribution < -0.4 is 5.32 Å². The van der Waals surface area contributed by atoms with Crippen LogP contribution in [-0.2, 0) is 10.0 Å². The molecule has 0 spiro atoms. The number of carbonyl (C=O) groups is 1. The quantitative estimate of drug-likeness (QED) is 0.791. The number of para-hydroxylation sites is 1. The van der Waals surface area contributed by atoms with E-state index in [1.54, 1.807) is 24.3 Å². The molecule has 2 atom stereocenters. The first-order valence-corrected chi connectivity index (χ1v) is 10.9. The lowest BCUT2D eigenvalue weighted by Crippen LogP contribution is -2.42. The maximum Gasteiger partial charge on any atom is 0.258 e. The van der Waals surface area contributed by atoms with E-state index in [0.29, 0.717) is 23.8 Å². The molecule has 1 aliphatic heterocycles. The molecule has 1 heterocycles. The van der Waals surface area contributed by atoms with E-state index in [1.807, 2.05) is 13.8 Å². The van der Waals surface area contributed by atoms with E-state index in [9.17, 15) is 17.6 Å². The largest absolute Gasteiger partial charge is 0.321 e. The molecule has 0 unspecified atom stereocenters. The molecule has 150 valence electrons. The fourth-order valence-corrected chi connectivity index (χ4v) is 5.43. The Hall–Kier alpha value is -1.96. The van der Waals surface area contributed by atoms with E-state index in [1.165, 1.54) is 10.4 Å². The topological polar surface area (TPSA) is 66.5 Å². The van der Waals surface area contributed by atoms with Gasteiger partial charge in [-0.1, -0.05) is 37.6 Å². The van der Waals surface area contributed by atoms with Crippen molar-refractivity contribution in [2.24, 2.45) is 11.8 Å². The van der Waals surface area contributed by atoms with Gasteiger partial charge in [0.15, 0.2) is 0 Å². The smallest absolute Gasteiger partial charge is 0.258 e. The number of nitrogens with one attached hydrogen (secondary N) is 1. The minimum atomic E-state index is -3.82. The van der Waals surface area contributed by atoms with Crippen LogP contribution in [0.4, 0.5) is 10.1 Å². The molecule has 5 nitrogen and oxygen atoms in total. The molecule has 28 heavy (non-hydrogen) atoms. The highest BCUT2D eigenvalue weighted by molar-refractivity contribution is 7.89. The Labute approximate surface area is 169 Å². The van der Waals surface area contributed by atoms with Gasteiger partial charge in [0.05, 0.1) is 21.2 Å². The predicted molar refractivity (Wildman–Crippen MR) is 108 cm³/mol. The maximum atomic E-state index is 14.3. The molecule has 8 heteroatoms. The molecule has 1 fully saturated rings. The molecule has 0 bridgehead atoms. The maximum absolute atomic E-state index is 14.3. The summed E-state index contributed by atoms with van der Waals surface area (Å²) in [7, 11) is -3.82. The summed E-state index contributed by atoms with van der Waals surface area (Å²) in [6, 6.07) is 9.83. The van der Waals surface area contributed by atoms with Crippen molar-refractivity contribution in [1.82, 2.24) is 4.31 Å². The monoisotopic (exact) mass is 424 g/mol. The molecule has 1 saturated heterocycles. The Morgan fingerprint density at radius 2 is 1.79 bits per heavy atom. The second-order valence-electron chi connectivity index (χ2n) is 7.34. The molecule has 1 amide bonds. The minimum absolute atomic E-state index is 0.0977. The lowest BCUT2D eigenvalue weighted by Gasteiger charge is -2.34. The average Bonchev–Trinajstić information content (AvgIpc) is 2.63. The third-order valence-corrected chi connectivity index (χ3v) is 6.93. The first-order valence-electron chi connectivity index (χ1n) is 9.04. The van der Waals surface area contributed by atoms with Gasteiger partial charge >= 0.3 is 0 Å². The zero-order chi connectivity index (χ0) is 20.5. The first kappa shape index (κ1) is 20.8. The van der Waals surface area contributed by atoms with Gasteiger partial charge in [-0.15, -0.1) is 0 Å². The third-order valence-electron chi connectivity index (χ3n) is 4.78. The molecule has 0 saturated carbocycles. The molecule has 1 aliphatic rings. The zero-order valence-corrected chi connectivity index (χ0v) is 17.2. The number of carbonyl (C=O) groups excluding carboxylic acids is 1. The Kier molecular flexibility index (Phi) is 6.07. The number of sulfonamides is 1. The van der Waals surface area contributed by atoms with Crippen LogP contribution in [0, 0.1) is 17.7 Å². The molecular formula is C20H22ClFN2O3S. The van der Waals surface area contributed by atoms with Crippen molar-refractivity contribution in [3.63, 3.8) is 0 Å². The van der Waals surface area contributed by atoms with Gasteiger partial charge in [-0.05, 0) is 48.6 Å². The van der Waals surface area contributed by atoms with E-state index in [2.05, 4.69) is 5.32 Å². The van der Waals surface area contributed by atoms with Crippen LogP contribution >= 0.6 is 11.6 Å². The molecular weight excluding hydrogens is 403 g/mol. The van der Waals surface area contributed by atoms with Gasteiger partial charge in [-0.3, -0.25) is 4.79 Å². The minimum Gasteiger partial charge on any atom is -0.321 e. The van der Waals surface area contributed by atoms with Gasteiger partial charge in [0, 0.05) is 13.1 Å². The first-order chi connectivity index (χ1) is 13.2. The summed E-state index contributed by atoms with van der Waals surface area (Å²) in [6.45, 7) is 4.83. The van der Waals surface area contributed by atoms with E-state index < -0.39 is 21.7 Å². The zero-order valence-electron chi connectivity index (χ0n) is 15.7. The average molecular weight is 425 g/mol. The second kappa shape index (κ2) is 8.19. The van der Waals surface area contributed by atoms with E-state index in [4.69, 9.17) is 11.6 Å². The van der Waals surface area contributed by atoms with Crippen LogP contribution in [0.2, 0.25) is 5.02 Å². The van der Waals surface area contributed by atoms with Crippen LogP contribution in [0.15, 0.2) is 47.4 Å². The molecule has 0 aromatic heterocycles. The highest BCUT2D eigenvalue weighted by Crippen LogP contribution is 2.28. The fourth-order valence-electron chi connectivity index (χ4n) is 3.54. The molecule has 2 aromatic carbocycles. The standard InChI is InChI=1S/C20H22ClFN2O3S/c1-13-9-14(2)12-24(11-13)28(26,27)15-7-8-18(22)16(10-15)20(25)23-19-6-4-3-5-17(19)21/h3-8,10,13-14H,9,11-12H2,1-2H3,(H,23,25)/t13-,14+. The Morgan fingerprint density at radius 3 is 2.43 bits per heavy atom. The van der Waals surface area contributed by atoms with Crippen molar-refractivity contribution < 1.29 is 17.6 Å². The summed E-state index contributed by atoms with van der Waals surface area (Å²) >= 11 is 6.02.